The Bertz CT molecular complexity index is 398. The molecule has 1 nitrogen and oxygen atoms in total. The molecule has 0 aliphatic heterocycles. The van der Waals surface area contributed by atoms with E-state index in [0.717, 1.165) is 12.5 Å². The highest BCUT2D eigenvalue weighted by molar-refractivity contribution is 5.34. The van der Waals surface area contributed by atoms with Gasteiger partial charge in [-0.25, -0.2) is 0 Å². The van der Waals surface area contributed by atoms with Crippen LogP contribution in [0.2, 0.25) is 0 Å². The molecule has 0 bridgehead atoms. The molecule has 1 aliphatic carbocycles. The first kappa shape index (κ1) is 14.6. The van der Waals surface area contributed by atoms with Crippen molar-refractivity contribution in [3.63, 3.8) is 0 Å². The van der Waals surface area contributed by atoms with E-state index >= 15 is 0 Å². The number of hydrogen-bond donors (Lipinski definition) is 1. The Morgan fingerprint density at radius 3 is 2.47 bits per heavy atom. The van der Waals surface area contributed by atoms with E-state index in [1.54, 1.807) is 11.1 Å². The molecule has 0 spiro atoms. The molecule has 0 radical (unpaired) electrons. The summed E-state index contributed by atoms with van der Waals surface area (Å²) in [6.45, 7) is 10.2. The van der Waals surface area contributed by atoms with Gasteiger partial charge in [0.15, 0.2) is 0 Å². The van der Waals surface area contributed by atoms with E-state index in [4.69, 9.17) is 0 Å². The van der Waals surface area contributed by atoms with Crippen LogP contribution in [0.5, 0.6) is 0 Å². The normalized spacial score (nSPS) is 18.1. The molecule has 1 heteroatoms. The van der Waals surface area contributed by atoms with Gasteiger partial charge in [0, 0.05) is 5.54 Å². The lowest BCUT2D eigenvalue weighted by Gasteiger charge is -2.30. The fourth-order valence-electron chi connectivity index (χ4n) is 2.87. The summed E-state index contributed by atoms with van der Waals surface area (Å²) in [5.74, 6) is 1.50. The molecule has 1 aliphatic rings. The Hall–Kier alpha value is -0.820. The Morgan fingerprint density at radius 1 is 1.21 bits per heavy atom. The number of rotatable bonds is 5. The van der Waals surface area contributed by atoms with Crippen molar-refractivity contribution in [1.29, 1.82) is 0 Å². The van der Waals surface area contributed by atoms with Gasteiger partial charge in [0.2, 0.25) is 0 Å². The summed E-state index contributed by atoms with van der Waals surface area (Å²) in [5.41, 5.74) is 3.44. The third-order valence-electron chi connectivity index (χ3n) is 4.30. The van der Waals surface area contributed by atoms with Gasteiger partial charge in [0.1, 0.15) is 0 Å². The highest BCUT2D eigenvalue weighted by Crippen LogP contribution is 2.40. The quantitative estimate of drug-likeness (QED) is 0.798. The second kappa shape index (κ2) is 6.09. The lowest BCUT2D eigenvalue weighted by molar-refractivity contribution is 0.404. The molecule has 106 valence electrons. The first-order chi connectivity index (χ1) is 8.97. The van der Waals surface area contributed by atoms with Gasteiger partial charge >= 0.3 is 0 Å². The molecule has 2 rings (SSSR count). The maximum Gasteiger partial charge on any atom is 0.00965 e. The average Bonchev–Trinajstić information content (AvgIpc) is 2.25. The predicted octanol–water partition coefficient (Wildman–Crippen LogP) is 4.84. The summed E-state index contributed by atoms with van der Waals surface area (Å²) >= 11 is 0. The first-order valence-electron chi connectivity index (χ1n) is 7.81. The van der Waals surface area contributed by atoms with Gasteiger partial charge in [-0.05, 0) is 69.5 Å². The van der Waals surface area contributed by atoms with Crippen LogP contribution in [0.3, 0.4) is 0 Å². The van der Waals surface area contributed by atoms with E-state index < -0.39 is 0 Å². The van der Waals surface area contributed by atoms with E-state index in [1.807, 2.05) is 0 Å². The van der Waals surface area contributed by atoms with E-state index in [9.17, 15) is 0 Å². The van der Waals surface area contributed by atoms with Gasteiger partial charge in [-0.1, -0.05) is 37.6 Å². The van der Waals surface area contributed by atoms with E-state index in [-0.39, 0.29) is 5.54 Å². The second-order valence-electron chi connectivity index (χ2n) is 7.12. The minimum atomic E-state index is 0.229. The van der Waals surface area contributed by atoms with E-state index in [1.165, 1.54) is 25.7 Å². The van der Waals surface area contributed by atoms with Crippen molar-refractivity contribution in [2.75, 3.05) is 6.54 Å². The summed E-state index contributed by atoms with van der Waals surface area (Å²) in [4.78, 5) is 0. The maximum absolute atomic E-state index is 3.60. The van der Waals surface area contributed by atoms with Gasteiger partial charge in [-0.15, -0.1) is 0 Å². The molecular weight excluding hydrogens is 230 g/mol. The molecule has 19 heavy (non-hydrogen) atoms. The van der Waals surface area contributed by atoms with Gasteiger partial charge in [0.05, 0.1) is 0 Å². The van der Waals surface area contributed by atoms with E-state index in [2.05, 4.69) is 57.3 Å². The van der Waals surface area contributed by atoms with Crippen LogP contribution < -0.4 is 5.32 Å². The van der Waals surface area contributed by atoms with Crippen molar-refractivity contribution >= 4 is 0 Å². The van der Waals surface area contributed by atoms with Crippen LogP contribution in [-0.2, 0) is 0 Å². The molecule has 1 atom stereocenters. The van der Waals surface area contributed by atoms with Gasteiger partial charge in [0.25, 0.3) is 0 Å². The fourth-order valence-corrected chi connectivity index (χ4v) is 2.87. The minimum Gasteiger partial charge on any atom is -0.312 e. The fraction of sp³-hybridized carbons (Fsp3) is 0.667. The summed E-state index contributed by atoms with van der Waals surface area (Å²) in [6, 6.07) is 9.10. The molecule has 0 aromatic heterocycles. The zero-order chi connectivity index (χ0) is 13.9. The van der Waals surface area contributed by atoms with Crippen LogP contribution in [0.4, 0.5) is 0 Å². The molecule has 1 saturated carbocycles. The van der Waals surface area contributed by atoms with Crippen LogP contribution in [0, 0.1) is 0 Å². The second-order valence-corrected chi connectivity index (χ2v) is 7.12. The first-order valence-corrected chi connectivity index (χ1v) is 7.81. The van der Waals surface area contributed by atoms with Crippen LogP contribution in [0.15, 0.2) is 24.3 Å². The number of hydrogen-bond acceptors (Lipinski definition) is 1. The van der Waals surface area contributed by atoms with Crippen molar-refractivity contribution < 1.29 is 0 Å². The molecule has 1 unspecified atom stereocenters. The molecule has 1 aromatic carbocycles. The summed E-state index contributed by atoms with van der Waals surface area (Å²) in [6.07, 6.45) is 5.42. The minimum absolute atomic E-state index is 0.229. The Balaban J connectivity index is 1.96. The lowest BCUT2D eigenvalue weighted by atomic mass is 9.76. The largest absolute Gasteiger partial charge is 0.312 e. The average molecular weight is 259 g/mol. The third kappa shape index (κ3) is 4.07. The van der Waals surface area contributed by atoms with Crippen molar-refractivity contribution in [3.8, 4) is 0 Å². The zero-order valence-corrected chi connectivity index (χ0v) is 13.0. The van der Waals surface area contributed by atoms with Crippen molar-refractivity contribution in [2.24, 2.45) is 0 Å². The molecule has 0 saturated heterocycles. The van der Waals surface area contributed by atoms with Gasteiger partial charge < -0.3 is 5.32 Å². The van der Waals surface area contributed by atoms with Crippen molar-refractivity contribution in [3.05, 3.63) is 35.4 Å². The van der Waals surface area contributed by atoms with E-state index in [0.29, 0.717) is 5.92 Å². The Labute approximate surface area is 118 Å². The standard InChI is InChI=1S/C18H29N/c1-14(12-13-19-18(2,3)4)16-10-5-6-11-17(16)15-8-7-9-15/h5-6,10-11,14-15,19H,7-9,12-13H2,1-4H3. The Kier molecular flexibility index (Phi) is 4.67. The monoisotopic (exact) mass is 259 g/mol. The van der Waals surface area contributed by atoms with Crippen LogP contribution >= 0.6 is 0 Å². The molecule has 0 amide bonds. The SMILES string of the molecule is CC(CCNC(C)(C)C)c1ccccc1C1CCC1. The lowest BCUT2D eigenvalue weighted by Crippen LogP contribution is -2.36. The predicted molar refractivity (Wildman–Crippen MR) is 83.8 cm³/mol. The molecule has 1 aromatic rings. The summed E-state index contributed by atoms with van der Waals surface area (Å²) in [7, 11) is 0. The Morgan fingerprint density at radius 2 is 1.89 bits per heavy atom. The van der Waals surface area contributed by atoms with Gasteiger partial charge in [-0.3, -0.25) is 0 Å². The van der Waals surface area contributed by atoms with Crippen LogP contribution in [-0.4, -0.2) is 12.1 Å². The number of benzene rings is 1. The molecule has 1 N–H and O–H groups in total. The highest BCUT2D eigenvalue weighted by Gasteiger charge is 2.23. The molecule has 0 heterocycles. The smallest absolute Gasteiger partial charge is 0.00965 e. The summed E-state index contributed by atoms with van der Waals surface area (Å²) in [5, 5.41) is 3.60. The third-order valence-corrected chi connectivity index (χ3v) is 4.30. The van der Waals surface area contributed by atoms with Crippen LogP contribution in [0.25, 0.3) is 0 Å². The summed E-state index contributed by atoms with van der Waals surface area (Å²) < 4.78 is 0. The van der Waals surface area contributed by atoms with Crippen molar-refractivity contribution in [2.45, 2.75) is 70.8 Å². The zero-order valence-electron chi connectivity index (χ0n) is 13.0. The highest BCUT2D eigenvalue weighted by atomic mass is 14.9. The molecule has 1 fully saturated rings. The van der Waals surface area contributed by atoms with Gasteiger partial charge in [-0.2, -0.15) is 0 Å². The maximum atomic E-state index is 3.60. The topological polar surface area (TPSA) is 12.0 Å². The van der Waals surface area contributed by atoms with Crippen molar-refractivity contribution in [1.82, 2.24) is 5.32 Å². The number of nitrogens with one attached hydrogen (secondary N) is 1. The van der Waals surface area contributed by atoms with Crippen LogP contribution in [0.1, 0.15) is 76.3 Å². The molecular formula is C18H29N.